The highest BCUT2D eigenvalue weighted by atomic mass is 16.4. The van der Waals surface area contributed by atoms with Gasteiger partial charge in [0.05, 0.1) is 0 Å². The molecule has 5 N–H and O–H groups in total. The third-order valence-electron chi connectivity index (χ3n) is 4.70. The molecule has 1 aliphatic heterocycles. The monoisotopic (exact) mass is 372 g/mol. The molecular weight excluding hydrogens is 352 g/mol. The van der Waals surface area contributed by atoms with Crippen LogP contribution >= 0.6 is 0 Å². The number of carboxylic acid groups (broad SMARTS) is 2. The Balaban J connectivity index is 2.09. The number of aromatic amines is 1. The Bertz CT molecular complexity index is 943. The Morgan fingerprint density at radius 3 is 2.07 bits per heavy atom. The molecule has 0 bridgehead atoms. The first-order valence-electron chi connectivity index (χ1n) is 8.36. The van der Waals surface area contributed by atoms with Crippen molar-refractivity contribution in [1.29, 1.82) is 0 Å². The second-order valence-electron chi connectivity index (χ2n) is 6.44. The molecule has 9 nitrogen and oxygen atoms in total. The summed E-state index contributed by atoms with van der Waals surface area (Å²) in [6, 6.07) is 6.80. The predicted molar refractivity (Wildman–Crippen MR) is 101 cm³/mol. The van der Waals surface area contributed by atoms with Crippen LogP contribution in [0.15, 0.2) is 29.1 Å². The lowest BCUT2D eigenvalue weighted by molar-refractivity contribution is 0.0695. The molecule has 1 aliphatic rings. The van der Waals surface area contributed by atoms with E-state index < -0.39 is 28.6 Å². The molecule has 2 aromatic rings. The van der Waals surface area contributed by atoms with E-state index in [9.17, 15) is 24.6 Å². The number of nitrogen functional groups attached to an aromatic ring is 1. The largest absolute Gasteiger partial charge is 0.478 e. The van der Waals surface area contributed by atoms with Crippen LogP contribution in [0.5, 0.6) is 0 Å². The van der Waals surface area contributed by atoms with E-state index in [1.165, 1.54) is 0 Å². The second-order valence-corrected chi connectivity index (χ2v) is 6.44. The minimum Gasteiger partial charge on any atom is -0.478 e. The van der Waals surface area contributed by atoms with Gasteiger partial charge in [0.25, 0.3) is 5.56 Å². The number of piperazine rings is 1. The van der Waals surface area contributed by atoms with Crippen LogP contribution in [0.2, 0.25) is 0 Å². The van der Waals surface area contributed by atoms with E-state index in [-0.39, 0.29) is 11.4 Å². The maximum atomic E-state index is 12.1. The van der Waals surface area contributed by atoms with Crippen molar-refractivity contribution in [2.45, 2.75) is 0 Å². The molecule has 0 amide bonds. The lowest BCUT2D eigenvalue weighted by Gasteiger charge is -2.34. The van der Waals surface area contributed by atoms with Gasteiger partial charge < -0.3 is 30.7 Å². The number of aromatic nitrogens is 1. The molecule has 142 valence electrons. The average Bonchev–Trinajstić information content (AvgIpc) is 2.61. The van der Waals surface area contributed by atoms with Crippen LogP contribution in [0.25, 0.3) is 11.1 Å². The molecule has 0 unspecified atom stereocenters. The second kappa shape index (κ2) is 7.12. The number of nitrogens with two attached hydrogens (primary N) is 1. The van der Waals surface area contributed by atoms with Crippen LogP contribution in [0.3, 0.4) is 0 Å². The molecule has 1 saturated heterocycles. The van der Waals surface area contributed by atoms with Gasteiger partial charge in [-0.2, -0.15) is 0 Å². The van der Waals surface area contributed by atoms with E-state index in [0.29, 0.717) is 5.56 Å². The molecule has 1 aromatic heterocycles. The summed E-state index contributed by atoms with van der Waals surface area (Å²) in [5.74, 6) is -3.31. The maximum absolute atomic E-state index is 12.1. The van der Waals surface area contributed by atoms with Crippen LogP contribution in [-0.2, 0) is 0 Å². The third-order valence-corrected chi connectivity index (χ3v) is 4.70. The summed E-state index contributed by atoms with van der Waals surface area (Å²) in [5, 5.41) is 18.9. The highest BCUT2D eigenvalue weighted by Crippen LogP contribution is 2.30. The molecule has 27 heavy (non-hydrogen) atoms. The van der Waals surface area contributed by atoms with Gasteiger partial charge in [0.1, 0.15) is 16.9 Å². The minimum absolute atomic E-state index is 0.193. The number of benzene rings is 1. The number of hydrogen-bond donors (Lipinski definition) is 4. The number of carbonyl (C=O) groups is 2. The molecule has 0 radical (unpaired) electrons. The van der Waals surface area contributed by atoms with E-state index in [1.54, 1.807) is 24.3 Å². The molecule has 0 saturated carbocycles. The summed E-state index contributed by atoms with van der Waals surface area (Å²) in [6.45, 7) is 3.57. The topological polar surface area (TPSA) is 140 Å². The average molecular weight is 372 g/mol. The number of pyridine rings is 1. The van der Waals surface area contributed by atoms with E-state index >= 15 is 0 Å². The third kappa shape index (κ3) is 3.49. The van der Waals surface area contributed by atoms with Crippen molar-refractivity contribution in [3.63, 3.8) is 0 Å². The van der Waals surface area contributed by atoms with Crippen LogP contribution in [0, 0.1) is 0 Å². The lowest BCUT2D eigenvalue weighted by Crippen LogP contribution is -2.44. The van der Waals surface area contributed by atoms with Gasteiger partial charge in [-0.05, 0) is 24.7 Å². The Morgan fingerprint density at radius 1 is 1.00 bits per heavy atom. The van der Waals surface area contributed by atoms with Crippen LogP contribution in [0.1, 0.15) is 20.7 Å². The van der Waals surface area contributed by atoms with Gasteiger partial charge >= 0.3 is 11.9 Å². The summed E-state index contributed by atoms with van der Waals surface area (Å²) in [5.41, 5.74) is 4.69. The van der Waals surface area contributed by atoms with E-state index in [1.807, 2.05) is 0 Å². The van der Waals surface area contributed by atoms with Gasteiger partial charge in [0.15, 0.2) is 0 Å². The number of rotatable bonds is 4. The van der Waals surface area contributed by atoms with Crippen molar-refractivity contribution in [1.82, 2.24) is 9.88 Å². The molecule has 9 heteroatoms. The Labute approximate surface area is 154 Å². The van der Waals surface area contributed by atoms with Crippen LogP contribution in [-0.4, -0.2) is 65.3 Å². The lowest BCUT2D eigenvalue weighted by atomic mass is 9.95. The van der Waals surface area contributed by atoms with Gasteiger partial charge in [-0.3, -0.25) is 4.79 Å². The van der Waals surface area contributed by atoms with Crippen molar-refractivity contribution in [3.05, 3.63) is 45.7 Å². The predicted octanol–water partition coefficient (Wildman–Crippen LogP) is 0.772. The van der Waals surface area contributed by atoms with E-state index in [0.717, 1.165) is 31.9 Å². The molecule has 1 fully saturated rings. The van der Waals surface area contributed by atoms with Crippen LogP contribution < -0.4 is 16.2 Å². The molecule has 0 aliphatic carbocycles. The number of aromatic carboxylic acids is 2. The quantitative estimate of drug-likeness (QED) is 0.617. The zero-order valence-electron chi connectivity index (χ0n) is 14.7. The van der Waals surface area contributed by atoms with Crippen LogP contribution in [0.4, 0.5) is 11.5 Å². The highest BCUT2D eigenvalue weighted by Gasteiger charge is 2.26. The Kier molecular flexibility index (Phi) is 4.87. The first-order valence-corrected chi connectivity index (χ1v) is 8.36. The van der Waals surface area contributed by atoms with Crippen molar-refractivity contribution in [2.24, 2.45) is 0 Å². The number of anilines is 2. The summed E-state index contributed by atoms with van der Waals surface area (Å²) in [7, 11) is 2.05. The molecule has 3 rings (SSSR count). The summed E-state index contributed by atoms with van der Waals surface area (Å²) in [6.07, 6.45) is 0. The van der Waals surface area contributed by atoms with Crippen molar-refractivity contribution >= 4 is 23.4 Å². The summed E-state index contributed by atoms with van der Waals surface area (Å²) < 4.78 is 0. The standard InChI is InChI=1S/C18H20N4O5/c1-21-6-8-22(9-7-21)11-4-2-10(3-5-11)12-13(17(24)25)15(19)20-16(23)14(12)18(26)27/h2-5H,6-9H2,1H3,(H,24,25)(H,26,27)(H3,19,20,23). The number of H-pyrrole nitrogens is 1. The molecule has 0 spiro atoms. The van der Waals surface area contributed by atoms with Gasteiger partial charge in [0.2, 0.25) is 0 Å². The fraction of sp³-hybridized carbons (Fsp3) is 0.278. The Morgan fingerprint density at radius 2 is 1.56 bits per heavy atom. The number of hydrogen-bond acceptors (Lipinski definition) is 6. The zero-order valence-corrected chi connectivity index (χ0v) is 14.7. The van der Waals surface area contributed by atoms with Crippen molar-refractivity contribution in [3.8, 4) is 11.1 Å². The molecule has 0 atom stereocenters. The van der Waals surface area contributed by atoms with Gasteiger partial charge in [-0.25, -0.2) is 9.59 Å². The Hall–Kier alpha value is -3.33. The smallest absolute Gasteiger partial charge is 0.342 e. The zero-order chi connectivity index (χ0) is 19.7. The number of carboxylic acids is 2. The first-order chi connectivity index (χ1) is 12.8. The number of nitrogens with one attached hydrogen (secondary N) is 1. The van der Waals surface area contributed by atoms with Crippen molar-refractivity contribution < 1.29 is 19.8 Å². The van der Waals surface area contributed by atoms with Gasteiger partial charge in [-0.15, -0.1) is 0 Å². The van der Waals surface area contributed by atoms with E-state index in [4.69, 9.17) is 5.73 Å². The van der Waals surface area contributed by atoms with Crippen molar-refractivity contribution in [2.75, 3.05) is 43.9 Å². The number of likely N-dealkylation sites (N-methyl/N-ethyl adjacent to an activating group) is 1. The van der Waals surface area contributed by atoms with Gasteiger partial charge in [0, 0.05) is 37.4 Å². The van der Waals surface area contributed by atoms with E-state index in [2.05, 4.69) is 21.8 Å². The minimum atomic E-state index is -1.52. The maximum Gasteiger partial charge on any atom is 0.342 e. The molecular formula is C18H20N4O5. The highest BCUT2D eigenvalue weighted by molar-refractivity contribution is 6.07. The van der Waals surface area contributed by atoms with Gasteiger partial charge in [-0.1, -0.05) is 12.1 Å². The molecule has 1 aromatic carbocycles. The summed E-state index contributed by atoms with van der Waals surface area (Å²) in [4.78, 5) is 41.8. The SMILES string of the molecule is CN1CCN(c2ccc(-c3c(C(=O)O)c(N)[nH]c(=O)c3C(=O)O)cc2)CC1. The first kappa shape index (κ1) is 18.5. The fourth-order valence-electron chi connectivity index (χ4n) is 3.24. The normalized spacial score (nSPS) is 14.9. The number of nitrogens with zero attached hydrogens (tertiary/aromatic N) is 2. The molecule has 2 heterocycles. The summed E-state index contributed by atoms with van der Waals surface area (Å²) >= 11 is 0. The fourth-order valence-corrected chi connectivity index (χ4v) is 3.24.